The minimum Gasteiger partial charge on any atom is -0.508 e. The Kier molecular flexibility index (Phi) is 3.88. The molecule has 0 saturated heterocycles. The highest BCUT2D eigenvalue weighted by molar-refractivity contribution is 6.05. The molecule has 0 spiro atoms. The summed E-state index contributed by atoms with van der Waals surface area (Å²) < 4.78 is 0. The number of carbonyl (C=O) groups is 1. The summed E-state index contributed by atoms with van der Waals surface area (Å²) in [6.45, 7) is 0. The van der Waals surface area contributed by atoms with E-state index in [0.717, 1.165) is 11.1 Å². The van der Waals surface area contributed by atoms with Crippen molar-refractivity contribution in [1.29, 1.82) is 0 Å². The third-order valence-electron chi connectivity index (χ3n) is 3.34. The normalized spacial score (nSPS) is 10.2. The standard InChI is InChI=1S/C19H15NO2/c21-18-11-5-10-17(13-18)20-19(22)16-9-4-8-15(12-16)14-6-2-1-3-7-14/h1-13,21H,(H,20,22). The maximum absolute atomic E-state index is 12.3. The van der Waals surface area contributed by atoms with Crippen LogP contribution in [-0.4, -0.2) is 11.0 Å². The number of phenols is 1. The van der Waals surface area contributed by atoms with Gasteiger partial charge in [-0.25, -0.2) is 0 Å². The lowest BCUT2D eigenvalue weighted by Crippen LogP contribution is -2.11. The maximum Gasteiger partial charge on any atom is 0.255 e. The monoisotopic (exact) mass is 289 g/mol. The van der Waals surface area contributed by atoms with Crippen LogP contribution < -0.4 is 5.32 Å². The van der Waals surface area contributed by atoms with Crippen LogP contribution in [0, 0.1) is 0 Å². The van der Waals surface area contributed by atoms with E-state index in [0.29, 0.717) is 11.3 Å². The van der Waals surface area contributed by atoms with Crippen LogP contribution in [0.3, 0.4) is 0 Å². The largest absolute Gasteiger partial charge is 0.508 e. The van der Waals surface area contributed by atoms with E-state index >= 15 is 0 Å². The summed E-state index contributed by atoms with van der Waals surface area (Å²) in [7, 11) is 0. The molecule has 3 rings (SSSR count). The molecule has 3 aromatic rings. The molecule has 108 valence electrons. The minimum atomic E-state index is -0.205. The highest BCUT2D eigenvalue weighted by Crippen LogP contribution is 2.21. The van der Waals surface area contributed by atoms with Gasteiger partial charge in [0.05, 0.1) is 0 Å². The first-order chi connectivity index (χ1) is 10.7. The molecule has 0 bridgehead atoms. The molecular formula is C19H15NO2. The van der Waals surface area contributed by atoms with Gasteiger partial charge in [-0.2, -0.15) is 0 Å². The maximum atomic E-state index is 12.3. The van der Waals surface area contributed by atoms with Gasteiger partial charge in [-0.15, -0.1) is 0 Å². The van der Waals surface area contributed by atoms with Crippen molar-refractivity contribution < 1.29 is 9.90 Å². The van der Waals surface area contributed by atoms with Crippen molar-refractivity contribution in [2.75, 3.05) is 5.32 Å². The van der Waals surface area contributed by atoms with Crippen molar-refractivity contribution in [2.45, 2.75) is 0 Å². The number of amides is 1. The second-order valence-electron chi connectivity index (χ2n) is 4.95. The number of phenolic OH excluding ortho intramolecular Hbond substituents is 1. The van der Waals surface area contributed by atoms with E-state index < -0.39 is 0 Å². The summed E-state index contributed by atoms with van der Waals surface area (Å²) in [5.74, 6) is -0.0841. The van der Waals surface area contributed by atoms with Crippen molar-refractivity contribution in [3.05, 3.63) is 84.4 Å². The quantitative estimate of drug-likeness (QED) is 0.754. The molecule has 0 heterocycles. The Bertz CT molecular complexity index is 797. The van der Waals surface area contributed by atoms with Crippen LogP contribution in [0.4, 0.5) is 5.69 Å². The Balaban J connectivity index is 1.84. The van der Waals surface area contributed by atoms with Crippen molar-refractivity contribution in [2.24, 2.45) is 0 Å². The van der Waals surface area contributed by atoms with Crippen LogP contribution in [0.25, 0.3) is 11.1 Å². The summed E-state index contributed by atoms with van der Waals surface area (Å²) in [5.41, 5.74) is 3.19. The smallest absolute Gasteiger partial charge is 0.255 e. The molecule has 0 fully saturated rings. The van der Waals surface area contributed by atoms with Gasteiger partial charge in [0.15, 0.2) is 0 Å². The first-order valence-electron chi connectivity index (χ1n) is 6.98. The number of anilines is 1. The molecule has 0 unspecified atom stereocenters. The van der Waals surface area contributed by atoms with Crippen molar-refractivity contribution in [1.82, 2.24) is 0 Å². The van der Waals surface area contributed by atoms with Crippen LogP contribution in [0.2, 0.25) is 0 Å². The summed E-state index contributed by atoms with van der Waals surface area (Å²) >= 11 is 0. The van der Waals surface area contributed by atoms with Gasteiger partial charge < -0.3 is 10.4 Å². The van der Waals surface area contributed by atoms with Crippen molar-refractivity contribution in [3.8, 4) is 16.9 Å². The SMILES string of the molecule is O=C(Nc1cccc(O)c1)c1cccc(-c2ccccc2)c1. The Labute approximate surface area is 128 Å². The number of nitrogens with one attached hydrogen (secondary N) is 1. The van der Waals surface area contributed by atoms with Crippen molar-refractivity contribution in [3.63, 3.8) is 0 Å². The lowest BCUT2D eigenvalue weighted by Gasteiger charge is -2.07. The van der Waals surface area contributed by atoms with Crippen molar-refractivity contribution >= 4 is 11.6 Å². The zero-order chi connectivity index (χ0) is 15.4. The Hall–Kier alpha value is -3.07. The second kappa shape index (κ2) is 6.14. The van der Waals surface area contributed by atoms with Gasteiger partial charge in [-0.05, 0) is 35.4 Å². The fourth-order valence-electron chi connectivity index (χ4n) is 2.26. The third kappa shape index (κ3) is 3.15. The predicted molar refractivity (Wildman–Crippen MR) is 87.9 cm³/mol. The summed E-state index contributed by atoms with van der Waals surface area (Å²) in [6, 6.07) is 23.9. The first kappa shape index (κ1) is 13.9. The molecule has 0 radical (unpaired) electrons. The van der Waals surface area contributed by atoms with E-state index in [1.54, 1.807) is 24.3 Å². The second-order valence-corrected chi connectivity index (χ2v) is 4.95. The lowest BCUT2D eigenvalue weighted by atomic mass is 10.0. The summed E-state index contributed by atoms with van der Waals surface area (Å²) in [4.78, 5) is 12.3. The number of benzene rings is 3. The van der Waals surface area contributed by atoms with Gasteiger partial charge >= 0.3 is 0 Å². The molecule has 0 saturated carbocycles. The number of carbonyl (C=O) groups excluding carboxylic acids is 1. The highest BCUT2D eigenvalue weighted by Gasteiger charge is 2.08. The van der Waals surface area contributed by atoms with Gasteiger partial charge in [0.1, 0.15) is 5.75 Å². The van der Waals surface area contributed by atoms with E-state index in [1.165, 1.54) is 6.07 Å². The molecule has 3 heteroatoms. The molecule has 0 aliphatic heterocycles. The number of rotatable bonds is 3. The summed E-state index contributed by atoms with van der Waals surface area (Å²) in [5, 5.41) is 12.2. The minimum absolute atomic E-state index is 0.121. The molecule has 3 aromatic carbocycles. The molecule has 0 atom stereocenters. The topological polar surface area (TPSA) is 49.3 Å². The van der Waals surface area contributed by atoms with Gasteiger partial charge in [0, 0.05) is 17.3 Å². The lowest BCUT2D eigenvalue weighted by molar-refractivity contribution is 0.102. The molecule has 0 aromatic heterocycles. The molecule has 2 N–H and O–H groups in total. The average Bonchev–Trinajstić information content (AvgIpc) is 2.56. The Morgan fingerprint density at radius 3 is 2.27 bits per heavy atom. The fraction of sp³-hybridized carbons (Fsp3) is 0. The van der Waals surface area contributed by atoms with Crippen LogP contribution in [0.5, 0.6) is 5.75 Å². The fourth-order valence-corrected chi connectivity index (χ4v) is 2.26. The number of aromatic hydroxyl groups is 1. The van der Waals surface area contributed by atoms with Gasteiger partial charge in [-0.1, -0.05) is 48.5 Å². The first-order valence-corrected chi connectivity index (χ1v) is 6.98. The number of hydrogen-bond donors (Lipinski definition) is 2. The Morgan fingerprint density at radius 2 is 1.50 bits per heavy atom. The molecule has 22 heavy (non-hydrogen) atoms. The third-order valence-corrected chi connectivity index (χ3v) is 3.34. The van der Waals surface area contributed by atoms with Crippen LogP contribution in [0.15, 0.2) is 78.9 Å². The molecular weight excluding hydrogens is 274 g/mol. The number of hydrogen-bond acceptors (Lipinski definition) is 2. The van der Waals surface area contributed by atoms with Crippen LogP contribution in [0.1, 0.15) is 10.4 Å². The average molecular weight is 289 g/mol. The zero-order valence-electron chi connectivity index (χ0n) is 11.9. The van der Waals surface area contributed by atoms with E-state index in [4.69, 9.17) is 0 Å². The van der Waals surface area contributed by atoms with Gasteiger partial charge in [0.2, 0.25) is 0 Å². The van der Waals surface area contributed by atoms with Crippen LogP contribution in [-0.2, 0) is 0 Å². The van der Waals surface area contributed by atoms with E-state index in [1.807, 2.05) is 48.5 Å². The molecule has 0 aliphatic carbocycles. The predicted octanol–water partition coefficient (Wildman–Crippen LogP) is 4.31. The van der Waals surface area contributed by atoms with Gasteiger partial charge in [0.25, 0.3) is 5.91 Å². The van der Waals surface area contributed by atoms with Gasteiger partial charge in [-0.3, -0.25) is 4.79 Å². The molecule has 1 amide bonds. The van der Waals surface area contributed by atoms with E-state index in [2.05, 4.69) is 5.32 Å². The van der Waals surface area contributed by atoms with E-state index in [-0.39, 0.29) is 11.7 Å². The highest BCUT2D eigenvalue weighted by atomic mass is 16.3. The van der Waals surface area contributed by atoms with E-state index in [9.17, 15) is 9.90 Å². The zero-order valence-corrected chi connectivity index (χ0v) is 11.9. The van der Waals surface area contributed by atoms with Crippen LogP contribution >= 0.6 is 0 Å². The molecule has 0 aliphatic rings. The Morgan fingerprint density at radius 1 is 0.773 bits per heavy atom. The molecule has 3 nitrogen and oxygen atoms in total. The summed E-state index contributed by atoms with van der Waals surface area (Å²) in [6.07, 6.45) is 0.